The first-order chi connectivity index (χ1) is 7.85. The van der Waals surface area contributed by atoms with Crippen LogP contribution in [0.1, 0.15) is 12.0 Å². The Hall–Kier alpha value is -1.93. The van der Waals surface area contributed by atoms with Crippen LogP contribution in [0.25, 0.3) is 11.0 Å². The molecule has 0 aliphatic heterocycles. The summed E-state index contributed by atoms with van der Waals surface area (Å²) < 4.78 is 6.81. The predicted octanol–water partition coefficient (Wildman–Crippen LogP) is 1.34. The molecule has 0 amide bonds. The van der Waals surface area contributed by atoms with Crippen LogP contribution in [0.4, 0.5) is 0 Å². The third-order valence-corrected chi connectivity index (χ3v) is 2.36. The zero-order valence-corrected chi connectivity index (χ0v) is 9.05. The highest BCUT2D eigenvalue weighted by Gasteiger charge is 2.04. The van der Waals surface area contributed by atoms with Gasteiger partial charge in [-0.25, -0.2) is 4.68 Å². The lowest BCUT2D eigenvalue weighted by molar-refractivity contribution is 0.189. The molecule has 0 bridgehead atoms. The van der Waals surface area contributed by atoms with Crippen molar-refractivity contribution in [2.24, 2.45) is 0 Å². The molecule has 5 nitrogen and oxygen atoms in total. The van der Waals surface area contributed by atoms with Crippen molar-refractivity contribution in [1.29, 1.82) is 5.26 Å². The molecule has 0 aliphatic rings. The number of hydrogen-bond donors (Lipinski definition) is 0. The van der Waals surface area contributed by atoms with Crippen LogP contribution >= 0.6 is 0 Å². The summed E-state index contributed by atoms with van der Waals surface area (Å²) in [6.45, 7) is 1.48. The van der Waals surface area contributed by atoms with Crippen LogP contribution in [-0.2, 0) is 11.3 Å². The number of benzene rings is 1. The summed E-state index contributed by atoms with van der Waals surface area (Å²) in [4.78, 5) is 0. The van der Waals surface area contributed by atoms with E-state index in [1.807, 2.05) is 10.7 Å². The third kappa shape index (κ3) is 2.02. The highest BCUT2D eigenvalue weighted by molar-refractivity contribution is 5.75. The van der Waals surface area contributed by atoms with E-state index >= 15 is 0 Å². The maximum Gasteiger partial charge on any atom is 0.114 e. The van der Waals surface area contributed by atoms with E-state index in [4.69, 9.17) is 10.00 Å². The minimum atomic E-state index is 0.608. The van der Waals surface area contributed by atoms with Gasteiger partial charge in [-0.15, -0.1) is 5.10 Å². The lowest BCUT2D eigenvalue weighted by atomic mass is 10.2. The number of ether oxygens (including phenoxy) is 1. The van der Waals surface area contributed by atoms with Gasteiger partial charge in [0, 0.05) is 20.3 Å². The Labute approximate surface area is 93.2 Å². The van der Waals surface area contributed by atoms with Crippen molar-refractivity contribution in [3.05, 3.63) is 23.8 Å². The van der Waals surface area contributed by atoms with Crippen molar-refractivity contribution >= 4 is 11.0 Å². The third-order valence-electron chi connectivity index (χ3n) is 2.36. The van der Waals surface area contributed by atoms with Crippen molar-refractivity contribution in [2.75, 3.05) is 13.7 Å². The molecule has 0 unspecified atom stereocenters. The molecular weight excluding hydrogens is 204 g/mol. The summed E-state index contributed by atoms with van der Waals surface area (Å²) in [5.41, 5.74) is 2.32. The molecule has 0 N–H and O–H groups in total. The minimum Gasteiger partial charge on any atom is -0.385 e. The van der Waals surface area contributed by atoms with Crippen molar-refractivity contribution in [1.82, 2.24) is 15.0 Å². The van der Waals surface area contributed by atoms with E-state index < -0.39 is 0 Å². The van der Waals surface area contributed by atoms with E-state index in [1.54, 1.807) is 19.2 Å². The lowest BCUT2D eigenvalue weighted by Crippen LogP contribution is -2.03. The van der Waals surface area contributed by atoms with Crippen molar-refractivity contribution in [2.45, 2.75) is 13.0 Å². The highest BCUT2D eigenvalue weighted by atomic mass is 16.5. The molecule has 1 aromatic heterocycles. The van der Waals surface area contributed by atoms with Crippen LogP contribution in [0, 0.1) is 11.3 Å². The number of rotatable bonds is 4. The second-order valence-electron chi connectivity index (χ2n) is 3.47. The van der Waals surface area contributed by atoms with Gasteiger partial charge in [-0.05, 0) is 24.6 Å². The lowest BCUT2D eigenvalue weighted by Gasteiger charge is -2.01. The van der Waals surface area contributed by atoms with Gasteiger partial charge in [-0.2, -0.15) is 5.26 Å². The number of nitriles is 1. The summed E-state index contributed by atoms with van der Waals surface area (Å²) in [6, 6.07) is 7.48. The number of aromatic nitrogens is 3. The summed E-state index contributed by atoms with van der Waals surface area (Å²) in [5.74, 6) is 0. The normalized spacial score (nSPS) is 10.5. The zero-order valence-electron chi connectivity index (χ0n) is 9.05. The quantitative estimate of drug-likeness (QED) is 0.723. The zero-order chi connectivity index (χ0) is 11.4. The minimum absolute atomic E-state index is 0.608. The molecule has 0 fully saturated rings. The Morgan fingerprint density at radius 2 is 2.38 bits per heavy atom. The molecule has 5 heteroatoms. The van der Waals surface area contributed by atoms with Crippen LogP contribution in [0.3, 0.4) is 0 Å². The van der Waals surface area contributed by atoms with Crippen LogP contribution in [0.5, 0.6) is 0 Å². The first-order valence-electron chi connectivity index (χ1n) is 5.07. The van der Waals surface area contributed by atoms with Crippen LogP contribution in [0.15, 0.2) is 18.2 Å². The van der Waals surface area contributed by atoms with Gasteiger partial charge in [0.2, 0.25) is 0 Å². The Kier molecular flexibility index (Phi) is 3.13. The van der Waals surface area contributed by atoms with Gasteiger partial charge in [0.05, 0.1) is 17.1 Å². The number of nitrogens with zero attached hydrogens (tertiary/aromatic N) is 4. The molecule has 0 atom stereocenters. The highest BCUT2D eigenvalue weighted by Crippen LogP contribution is 2.13. The second kappa shape index (κ2) is 4.73. The Balaban J connectivity index is 2.25. The molecule has 1 aromatic carbocycles. The van der Waals surface area contributed by atoms with Gasteiger partial charge in [0.25, 0.3) is 0 Å². The molecule has 0 saturated carbocycles. The van der Waals surface area contributed by atoms with Crippen LogP contribution in [0.2, 0.25) is 0 Å². The summed E-state index contributed by atoms with van der Waals surface area (Å²) >= 11 is 0. The SMILES string of the molecule is COCCCn1nnc2cc(C#N)ccc21. The van der Waals surface area contributed by atoms with Gasteiger partial charge < -0.3 is 4.74 Å². The average Bonchev–Trinajstić information content (AvgIpc) is 2.72. The molecule has 0 spiro atoms. The summed E-state index contributed by atoms with van der Waals surface area (Å²) in [5, 5.41) is 16.8. The second-order valence-corrected chi connectivity index (χ2v) is 3.47. The molecule has 0 saturated heterocycles. The summed E-state index contributed by atoms with van der Waals surface area (Å²) in [7, 11) is 1.68. The van der Waals surface area contributed by atoms with Crippen molar-refractivity contribution < 1.29 is 4.74 Å². The maximum atomic E-state index is 8.76. The van der Waals surface area contributed by atoms with E-state index in [0.717, 1.165) is 24.0 Å². The smallest absolute Gasteiger partial charge is 0.114 e. The molecule has 1 heterocycles. The maximum absolute atomic E-state index is 8.76. The molecule has 0 radical (unpaired) electrons. The van der Waals surface area contributed by atoms with Crippen molar-refractivity contribution in [3.8, 4) is 6.07 Å². The standard InChI is InChI=1S/C11H12N4O/c1-16-6-2-5-15-11-4-3-9(8-12)7-10(11)13-14-15/h3-4,7H,2,5-6H2,1H3. The van der Waals surface area contributed by atoms with Gasteiger partial charge in [-0.1, -0.05) is 5.21 Å². The number of aryl methyl sites for hydroxylation is 1. The molecule has 16 heavy (non-hydrogen) atoms. The molecule has 0 aliphatic carbocycles. The first kappa shape index (κ1) is 10.6. The monoisotopic (exact) mass is 216 g/mol. The Bertz CT molecular complexity index is 526. The number of fused-ring (bicyclic) bond motifs is 1. The van der Waals surface area contributed by atoms with Gasteiger partial charge >= 0.3 is 0 Å². The predicted molar refractivity (Wildman–Crippen MR) is 58.7 cm³/mol. The van der Waals surface area contributed by atoms with E-state index in [-0.39, 0.29) is 0 Å². The topological polar surface area (TPSA) is 63.7 Å². The van der Waals surface area contributed by atoms with E-state index in [9.17, 15) is 0 Å². The van der Waals surface area contributed by atoms with E-state index in [2.05, 4.69) is 16.4 Å². The van der Waals surface area contributed by atoms with Gasteiger partial charge in [0.1, 0.15) is 5.52 Å². The molecular formula is C11H12N4O. The number of hydrogen-bond acceptors (Lipinski definition) is 4. The van der Waals surface area contributed by atoms with Crippen molar-refractivity contribution in [3.63, 3.8) is 0 Å². The van der Waals surface area contributed by atoms with Crippen LogP contribution < -0.4 is 0 Å². The summed E-state index contributed by atoms with van der Waals surface area (Å²) in [6.07, 6.45) is 0.898. The van der Waals surface area contributed by atoms with Crippen LogP contribution in [-0.4, -0.2) is 28.7 Å². The largest absolute Gasteiger partial charge is 0.385 e. The molecule has 2 aromatic rings. The molecule has 2 rings (SSSR count). The fraction of sp³-hybridized carbons (Fsp3) is 0.364. The fourth-order valence-corrected chi connectivity index (χ4v) is 1.57. The first-order valence-corrected chi connectivity index (χ1v) is 5.07. The Morgan fingerprint density at radius 3 is 3.12 bits per heavy atom. The molecule has 82 valence electrons. The van der Waals surface area contributed by atoms with Gasteiger partial charge in [-0.3, -0.25) is 0 Å². The van der Waals surface area contributed by atoms with Gasteiger partial charge in [0.15, 0.2) is 0 Å². The average molecular weight is 216 g/mol. The number of methoxy groups -OCH3 is 1. The van der Waals surface area contributed by atoms with E-state index in [1.165, 1.54) is 0 Å². The fourth-order valence-electron chi connectivity index (χ4n) is 1.57. The van der Waals surface area contributed by atoms with E-state index in [0.29, 0.717) is 12.2 Å². The Morgan fingerprint density at radius 1 is 1.50 bits per heavy atom.